The zero-order chi connectivity index (χ0) is 24.6. The van der Waals surface area contributed by atoms with Crippen molar-refractivity contribution >= 4 is 17.7 Å². The minimum absolute atomic E-state index is 0.0498. The molecule has 3 N–H and O–H groups in total. The molecule has 0 radical (unpaired) electrons. The van der Waals surface area contributed by atoms with Gasteiger partial charge in [0.25, 0.3) is 5.91 Å². The van der Waals surface area contributed by atoms with Gasteiger partial charge in [0.2, 0.25) is 0 Å². The molecular formula is C21H25F5N2O5. The molecule has 184 valence electrons. The average Bonchev–Trinajstić information content (AvgIpc) is 3.21. The molecule has 1 atom stereocenters. The summed E-state index contributed by atoms with van der Waals surface area (Å²) in [5.41, 5.74) is 3.37. The number of amides is 1. The molecule has 0 saturated heterocycles. The van der Waals surface area contributed by atoms with Crippen molar-refractivity contribution in [2.24, 2.45) is 5.73 Å². The maximum Gasteiger partial charge on any atom is 0.490 e. The lowest BCUT2D eigenvalue weighted by Gasteiger charge is -2.30. The summed E-state index contributed by atoms with van der Waals surface area (Å²) in [5.74, 6) is -7.14. The summed E-state index contributed by atoms with van der Waals surface area (Å²) in [7, 11) is 0. The van der Waals surface area contributed by atoms with Crippen LogP contribution in [0.2, 0.25) is 0 Å². The Bertz CT molecular complexity index is 836. The van der Waals surface area contributed by atoms with Crippen LogP contribution in [0.5, 0.6) is 5.75 Å². The zero-order valence-corrected chi connectivity index (χ0v) is 17.7. The van der Waals surface area contributed by atoms with Crippen LogP contribution in [0.25, 0.3) is 0 Å². The van der Waals surface area contributed by atoms with Crippen LogP contribution in [0, 0.1) is 11.6 Å². The van der Waals surface area contributed by atoms with Gasteiger partial charge < -0.3 is 20.5 Å². The smallest absolute Gasteiger partial charge is 0.480 e. The second-order valence-electron chi connectivity index (χ2n) is 7.70. The van der Waals surface area contributed by atoms with Crippen LogP contribution in [0.1, 0.15) is 44.9 Å². The van der Waals surface area contributed by atoms with E-state index in [1.807, 2.05) is 0 Å². The van der Waals surface area contributed by atoms with Gasteiger partial charge in [-0.15, -0.1) is 0 Å². The van der Waals surface area contributed by atoms with Gasteiger partial charge in [-0.2, -0.15) is 13.2 Å². The van der Waals surface area contributed by atoms with Gasteiger partial charge in [-0.25, -0.2) is 13.6 Å². The van der Waals surface area contributed by atoms with Crippen molar-refractivity contribution in [3.63, 3.8) is 0 Å². The summed E-state index contributed by atoms with van der Waals surface area (Å²) in [6, 6.07) is 1.73. The van der Waals surface area contributed by atoms with E-state index < -0.39 is 59.5 Å². The van der Waals surface area contributed by atoms with Gasteiger partial charge in [-0.05, 0) is 63.6 Å². The number of ether oxygens (including phenoxy) is 2. The molecule has 7 nitrogen and oxygen atoms in total. The Morgan fingerprint density at radius 2 is 1.70 bits per heavy atom. The highest BCUT2D eigenvalue weighted by Crippen LogP contribution is 2.36. The first-order valence-corrected chi connectivity index (χ1v) is 10.4. The number of Topliss-reactive ketones (excluding diaryl/α,β-unsaturated/α-hetero) is 1. The lowest BCUT2D eigenvalue weighted by atomic mass is 9.98. The summed E-state index contributed by atoms with van der Waals surface area (Å²) in [4.78, 5) is 36.9. The molecule has 1 aromatic carbocycles. The topological polar surface area (TPSA) is 108 Å². The van der Waals surface area contributed by atoms with E-state index in [0.29, 0.717) is 32.2 Å². The van der Waals surface area contributed by atoms with Crippen LogP contribution in [-0.2, 0) is 19.1 Å². The quantitative estimate of drug-likeness (QED) is 0.287. The molecule has 1 saturated carbocycles. The third kappa shape index (κ3) is 7.11. The van der Waals surface area contributed by atoms with Gasteiger partial charge in [-0.3, -0.25) is 9.59 Å². The fourth-order valence-corrected chi connectivity index (χ4v) is 3.52. The third-order valence-corrected chi connectivity index (χ3v) is 5.26. The van der Waals surface area contributed by atoms with E-state index in [1.165, 1.54) is 0 Å². The van der Waals surface area contributed by atoms with Gasteiger partial charge in [0, 0.05) is 0 Å². The van der Waals surface area contributed by atoms with Gasteiger partial charge in [0.05, 0.1) is 6.04 Å². The van der Waals surface area contributed by atoms with Crippen molar-refractivity contribution in [2.75, 3.05) is 13.2 Å². The molecule has 1 aliphatic carbocycles. The fraction of sp³-hybridized carbons (Fsp3) is 0.571. The fourth-order valence-electron chi connectivity index (χ4n) is 3.52. The molecule has 0 aliphatic heterocycles. The van der Waals surface area contributed by atoms with E-state index >= 15 is 0 Å². The Kier molecular flexibility index (Phi) is 9.15. The third-order valence-electron chi connectivity index (χ3n) is 5.26. The number of nitrogens with two attached hydrogens (primary N) is 1. The van der Waals surface area contributed by atoms with E-state index in [9.17, 15) is 36.3 Å². The maximum absolute atomic E-state index is 13.7. The number of benzene rings is 1. The molecule has 2 rings (SSSR count). The van der Waals surface area contributed by atoms with Crippen molar-refractivity contribution in [1.29, 1.82) is 0 Å². The first kappa shape index (κ1) is 26.5. The normalized spacial score (nSPS) is 16.2. The number of carbonyl (C=O) groups is 3. The SMILES string of the molecule is NCCCCC(NC(=O)C1(OC(=O)C(F)(F)F)CCCC1)C(=O)COc1c(F)cccc1F. The molecule has 1 amide bonds. The van der Waals surface area contributed by atoms with Crippen molar-refractivity contribution in [3.8, 4) is 5.75 Å². The first-order valence-electron chi connectivity index (χ1n) is 10.4. The number of para-hydroxylation sites is 1. The maximum atomic E-state index is 13.7. The zero-order valence-electron chi connectivity index (χ0n) is 17.7. The summed E-state index contributed by atoms with van der Waals surface area (Å²) in [5, 5.41) is 2.34. The predicted molar refractivity (Wildman–Crippen MR) is 105 cm³/mol. The van der Waals surface area contributed by atoms with Crippen molar-refractivity contribution < 1.29 is 45.8 Å². The molecule has 0 aromatic heterocycles. The van der Waals surface area contributed by atoms with Gasteiger partial charge in [0.15, 0.2) is 28.8 Å². The van der Waals surface area contributed by atoms with Gasteiger partial charge >= 0.3 is 12.1 Å². The molecule has 1 unspecified atom stereocenters. The summed E-state index contributed by atoms with van der Waals surface area (Å²) in [6.07, 6.45) is -3.96. The van der Waals surface area contributed by atoms with E-state index in [1.54, 1.807) is 0 Å². The second kappa shape index (κ2) is 11.4. The Balaban J connectivity index is 2.14. The number of ketones is 1. The first-order chi connectivity index (χ1) is 15.5. The molecule has 1 fully saturated rings. The minimum atomic E-state index is -5.29. The van der Waals surface area contributed by atoms with Crippen LogP contribution in [-0.4, -0.2) is 48.6 Å². The molecule has 0 spiro atoms. The number of halogens is 5. The average molecular weight is 480 g/mol. The van der Waals surface area contributed by atoms with E-state index in [-0.39, 0.29) is 19.3 Å². The Labute approximate surface area is 186 Å². The van der Waals surface area contributed by atoms with Crippen LogP contribution in [0.3, 0.4) is 0 Å². The lowest BCUT2D eigenvalue weighted by Crippen LogP contribution is -2.54. The number of unbranched alkanes of at least 4 members (excludes halogenated alkanes) is 1. The molecule has 1 aromatic rings. The Hall–Kier alpha value is -2.76. The highest BCUT2D eigenvalue weighted by Gasteiger charge is 2.51. The summed E-state index contributed by atoms with van der Waals surface area (Å²) in [6.45, 7) is -0.514. The summed E-state index contributed by atoms with van der Waals surface area (Å²) >= 11 is 0. The monoisotopic (exact) mass is 480 g/mol. The molecule has 33 heavy (non-hydrogen) atoms. The van der Waals surface area contributed by atoms with Crippen LogP contribution < -0.4 is 15.8 Å². The number of hydrogen-bond acceptors (Lipinski definition) is 6. The van der Waals surface area contributed by atoms with Crippen molar-refractivity contribution in [3.05, 3.63) is 29.8 Å². The molecule has 0 heterocycles. The Morgan fingerprint density at radius 1 is 1.09 bits per heavy atom. The van der Waals surface area contributed by atoms with Crippen LogP contribution in [0.15, 0.2) is 18.2 Å². The number of rotatable bonds is 11. The molecule has 12 heteroatoms. The number of alkyl halides is 3. The van der Waals surface area contributed by atoms with Crippen LogP contribution >= 0.6 is 0 Å². The van der Waals surface area contributed by atoms with E-state index in [4.69, 9.17) is 10.5 Å². The number of hydrogen-bond donors (Lipinski definition) is 2. The highest BCUT2D eigenvalue weighted by molar-refractivity contribution is 5.94. The second-order valence-corrected chi connectivity index (χ2v) is 7.70. The largest absolute Gasteiger partial charge is 0.490 e. The van der Waals surface area contributed by atoms with E-state index in [0.717, 1.165) is 18.2 Å². The molecular weight excluding hydrogens is 455 g/mol. The van der Waals surface area contributed by atoms with Crippen LogP contribution in [0.4, 0.5) is 22.0 Å². The number of esters is 1. The summed E-state index contributed by atoms with van der Waals surface area (Å²) < 4.78 is 75.1. The van der Waals surface area contributed by atoms with Gasteiger partial charge in [-0.1, -0.05) is 6.07 Å². The lowest BCUT2D eigenvalue weighted by molar-refractivity contribution is -0.214. The molecule has 0 bridgehead atoms. The van der Waals surface area contributed by atoms with Crippen molar-refractivity contribution in [2.45, 2.75) is 62.8 Å². The molecule has 1 aliphatic rings. The number of carbonyl (C=O) groups excluding carboxylic acids is 3. The van der Waals surface area contributed by atoms with Crippen molar-refractivity contribution in [1.82, 2.24) is 5.32 Å². The Morgan fingerprint density at radius 3 is 2.24 bits per heavy atom. The van der Waals surface area contributed by atoms with E-state index in [2.05, 4.69) is 10.1 Å². The number of nitrogens with one attached hydrogen (secondary N) is 1. The standard InChI is InChI=1S/C21H25F5N2O5/c22-13-6-5-7-14(23)17(13)32-12-16(29)15(8-1-4-11-27)28-18(30)20(9-2-3-10-20)33-19(31)21(24,25)26/h5-7,15H,1-4,8-12,27H2,(H,28,30). The highest BCUT2D eigenvalue weighted by atomic mass is 19.4. The van der Waals surface area contributed by atoms with Gasteiger partial charge in [0.1, 0.15) is 6.61 Å². The minimum Gasteiger partial charge on any atom is -0.480 e. The predicted octanol–water partition coefficient (Wildman–Crippen LogP) is 2.94.